The second-order valence-electron chi connectivity index (χ2n) is 7.02. The van der Waals surface area contributed by atoms with Crippen LogP contribution in [0.3, 0.4) is 0 Å². The molecule has 3 N–H and O–H groups in total. The van der Waals surface area contributed by atoms with Crippen molar-refractivity contribution in [2.75, 3.05) is 6.54 Å². The van der Waals surface area contributed by atoms with Crippen LogP contribution in [0.2, 0.25) is 0 Å². The Balaban J connectivity index is 0.00000145. The lowest BCUT2D eigenvalue weighted by Gasteiger charge is -2.15. The van der Waals surface area contributed by atoms with Crippen molar-refractivity contribution in [1.82, 2.24) is 15.6 Å². The van der Waals surface area contributed by atoms with E-state index in [1.54, 1.807) is 19.2 Å². The first-order valence-electron chi connectivity index (χ1n) is 11.8. The third-order valence-corrected chi connectivity index (χ3v) is 4.84. The zero-order chi connectivity index (χ0) is 26.4. The van der Waals surface area contributed by atoms with Gasteiger partial charge in [0, 0.05) is 29.7 Å². The predicted octanol–water partition coefficient (Wildman–Crippen LogP) is 5.90. The van der Waals surface area contributed by atoms with Crippen molar-refractivity contribution in [3.63, 3.8) is 0 Å². The van der Waals surface area contributed by atoms with Crippen LogP contribution in [0.25, 0.3) is 17.0 Å². The van der Waals surface area contributed by atoms with Gasteiger partial charge in [0.25, 0.3) is 0 Å². The van der Waals surface area contributed by atoms with E-state index in [-0.39, 0.29) is 11.7 Å². The molecule has 3 aromatic rings. The number of aromatic amines is 1. The van der Waals surface area contributed by atoms with Crippen LogP contribution in [0.1, 0.15) is 52.2 Å². The summed E-state index contributed by atoms with van der Waals surface area (Å²) in [6, 6.07) is 7.00. The molecule has 8 heteroatoms. The molecule has 0 bridgehead atoms. The molecule has 2 aromatic carbocycles. The Morgan fingerprint density at radius 1 is 1.00 bits per heavy atom. The highest BCUT2D eigenvalue weighted by molar-refractivity contribution is 5.95. The SMILES string of the molecule is CC.CC.CCC(NC(=O)/C=C/c1ccc(F)c(F)c1)C(=O)NCCc1c[nH]c2ccc(F)cc12. The van der Waals surface area contributed by atoms with Gasteiger partial charge in [0.15, 0.2) is 11.6 Å². The molecule has 1 unspecified atom stereocenters. The van der Waals surface area contributed by atoms with Crippen LogP contribution >= 0.6 is 0 Å². The Hall–Kier alpha value is -3.55. The van der Waals surface area contributed by atoms with Crippen LogP contribution in [0.4, 0.5) is 13.2 Å². The Bertz CT molecular complexity index is 1130. The molecule has 0 radical (unpaired) electrons. The zero-order valence-electron chi connectivity index (χ0n) is 20.8. The summed E-state index contributed by atoms with van der Waals surface area (Å²) in [5, 5.41) is 6.11. The molecule has 0 spiro atoms. The highest BCUT2D eigenvalue weighted by atomic mass is 19.2. The molecule has 35 heavy (non-hydrogen) atoms. The molecule has 0 fully saturated rings. The van der Waals surface area contributed by atoms with E-state index in [1.165, 1.54) is 24.3 Å². The molecule has 0 saturated carbocycles. The van der Waals surface area contributed by atoms with Gasteiger partial charge in [-0.05, 0) is 60.4 Å². The molecule has 1 aromatic heterocycles. The molecule has 5 nitrogen and oxygen atoms in total. The minimum absolute atomic E-state index is 0.319. The number of rotatable bonds is 8. The van der Waals surface area contributed by atoms with Crippen molar-refractivity contribution in [3.05, 3.63) is 77.2 Å². The summed E-state index contributed by atoms with van der Waals surface area (Å²) < 4.78 is 39.6. The number of hydrogen-bond acceptors (Lipinski definition) is 2. The molecular formula is C27H34F3N3O2. The highest BCUT2D eigenvalue weighted by Gasteiger charge is 2.17. The Morgan fingerprint density at radius 3 is 2.37 bits per heavy atom. The first-order valence-corrected chi connectivity index (χ1v) is 11.8. The largest absolute Gasteiger partial charge is 0.361 e. The molecule has 0 aliphatic rings. The van der Waals surface area contributed by atoms with Gasteiger partial charge in [-0.15, -0.1) is 0 Å². The summed E-state index contributed by atoms with van der Waals surface area (Å²) in [4.78, 5) is 27.6. The number of hydrogen-bond donors (Lipinski definition) is 3. The second kappa shape index (κ2) is 15.4. The quantitative estimate of drug-likeness (QED) is 0.345. The van der Waals surface area contributed by atoms with Crippen molar-refractivity contribution in [2.45, 2.75) is 53.5 Å². The maximum absolute atomic E-state index is 13.5. The van der Waals surface area contributed by atoms with Gasteiger partial charge < -0.3 is 15.6 Å². The lowest BCUT2D eigenvalue weighted by molar-refractivity contribution is -0.127. The maximum Gasteiger partial charge on any atom is 0.244 e. The number of nitrogens with one attached hydrogen (secondary N) is 3. The minimum atomic E-state index is -1.01. The van der Waals surface area contributed by atoms with Crippen molar-refractivity contribution in [2.24, 2.45) is 0 Å². The van der Waals surface area contributed by atoms with Gasteiger partial charge in [0.2, 0.25) is 11.8 Å². The standard InChI is InChI=1S/C23H22F3N3O2.2C2H6/c1-2-20(29-22(30)8-4-14-3-6-18(25)19(26)11-14)23(31)27-10-9-15-13-28-21-7-5-16(24)12-17(15)21;2*1-2/h3-8,11-13,20,28H,2,9-10H2,1H3,(H,27,31)(H,29,30);2*1-2H3/b8-4+;;. The van der Waals surface area contributed by atoms with Crippen LogP contribution in [-0.2, 0) is 16.0 Å². The van der Waals surface area contributed by atoms with Crippen molar-refractivity contribution in [1.29, 1.82) is 0 Å². The van der Waals surface area contributed by atoms with E-state index in [1.807, 2.05) is 27.7 Å². The van der Waals surface area contributed by atoms with Gasteiger partial charge in [0.05, 0.1) is 0 Å². The Morgan fingerprint density at radius 2 is 1.71 bits per heavy atom. The first kappa shape index (κ1) is 29.5. The van der Waals surface area contributed by atoms with E-state index in [4.69, 9.17) is 0 Å². The Kier molecular flexibility index (Phi) is 12.9. The van der Waals surface area contributed by atoms with Gasteiger partial charge in [-0.3, -0.25) is 9.59 Å². The number of carbonyl (C=O) groups excluding carboxylic acids is 2. The summed E-state index contributed by atoms with van der Waals surface area (Å²) in [7, 11) is 0. The number of benzene rings is 2. The number of halogens is 3. The minimum Gasteiger partial charge on any atom is -0.361 e. The highest BCUT2D eigenvalue weighted by Crippen LogP contribution is 2.19. The normalized spacial score (nSPS) is 11.2. The van der Waals surface area contributed by atoms with E-state index >= 15 is 0 Å². The summed E-state index contributed by atoms with van der Waals surface area (Å²) >= 11 is 0. The zero-order valence-corrected chi connectivity index (χ0v) is 20.8. The lowest BCUT2D eigenvalue weighted by Crippen LogP contribution is -2.46. The van der Waals surface area contributed by atoms with Crippen LogP contribution < -0.4 is 10.6 Å². The van der Waals surface area contributed by atoms with Crippen LogP contribution in [0, 0.1) is 17.5 Å². The summed E-state index contributed by atoms with van der Waals surface area (Å²) in [5.74, 6) is -3.18. The fourth-order valence-electron chi connectivity index (χ4n) is 3.16. The number of amides is 2. The first-order chi connectivity index (χ1) is 16.9. The number of H-pyrrole nitrogens is 1. The lowest BCUT2D eigenvalue weighted by atomic mass is 10.1. The third-order valence-electron chi connectivity index (χ3n) is 4.84. The third kappa shape index (κ3) is 8.96. The van der Waals surface area contributed by atoms with Crippen LogP contribution in [0.15, 0.2) is 48.7 Å². The van der Waals surface area contributed by atoms with E-state index in [0.717, 1.165) is 34.7 Å². The average molecular weight is 490 g/mol. The van der Waals surface area contributed by atoms with Crippen molar-refractivity contribution in [3.8, 4) is 0 Å². The van der Waals surface area contributed by atoms with Crippen LogP contribution in [-0.4, -0.2) is 29.4 Å². The van der Waals surface area contributed by atoms with Crippen molar-refractivity contribution >= 4 is 28.8 Å². The van der Waals surface area contributed by atoms with Crippen molar-refractivity contribution < 1.29 is 22.8 Å². The second-order valence-corrected chi connectivity index (χ2v) is 7.02. The maximum atomic E-state index is 13.5. The summed E-state index contributed by atoms with van der Waals surface area (Å²) in [6.07, 6.45) is 5.13. The van der Waals surface area contributed by atoms with Crippen LogP contribution in [0.5, 0.6) is 0 Å². The fourth-order valence-corrected chi connectivity index (χ4v) is 3.16. The molecule has 2 amide bonds. The van der Waals surface area contributed by atoms with E-state index in [9.17, 15) is 22.8 Å². The van der Waals surface area contributed by atoms with E-state index in [2.05, 4.69) is 15.6 Å². The number of aromatic nitrogens is 1. The van der Waals surface area contributed by atoms with Gasteiger partial charge in [-0.2, -0.15) is 0 Å². The van der Waals surface area contributed by atoms with Gasteiger partial charge >= 0.3 is 0 Å². The molecule has 1 atom stereocenters. The molecule has 190 valence electrons. The summed E-state index contributed by atoms with van der Waals surface area (Å²) in [5.41, 5.74) is 2.01. The number of fused-ring (bicyclic) bond motifs is 1. The molecule has 0 aliphatic carbocycles. The molecule has 0 aliphatic heterocycles. The van der Waals surface area contributed by atoms with Gasteiger partial charge in [0.1, 0.15) is 11.9 Å². The van der Waals surface area contributed by atoms with Gasteiger partial charge in [-0.25, -0.2) is 13.2 Å². The molecular weight excluding hydrogens is 455 g/mol. The van der Waals surface area contributed by atoms with Gasteiger partial charge in [-0.1, -0.05) is 40.7 Å². The summed E-state index contributed by atoms with van der Waals surface area (Å²) in [6.45, 7) is 10.1. The molecule has 0 saturated heterocycles. The Labute approximate surface area is 204 Å². The fraction of sp³-hybridized carbons (Fsp3) is 0.333. The monoisotopic (exact) mass is 489 g/mol. The van der Waals surface area contributed by atoms with E-state index in [0.29, 0.717) is 24.9 Å². The predicted molar refractivity (Wildman–Crippen MR) is 135 cm³/mol. The molecule has 3 rings (SSSR count). The topological polar surface area (TPSA) is 74.0 Å². The molecule has 1 heterocycles. The smallest absolute Gasteiger partial charge is 0.244 e. The number of carbonyl (C=O) groups is 2. The average Bonchev–Trinajstić information content (AvgIpc) is 3.27. The van der Waals surface area contributed by atoms with E-state index < -0.39 is 23.6 Å².